The summed E-state index contributed by atoms with van der Waals surface area (Å²) in [5.74, 6) is 2.87. The molecule has 26 heavy (non-hydrogen) atoms. The summed E-state index contributed by atoms with van der Waals surface area (Å²) >= 11 is 5.25. The Morgan fingerprint density at radius 3 is 2.81 bits per heavy atom. The number of ether oxygens (including phenoxy) is 1. The Morgan fingerprint density at radius 2 is 2.04 bits per heavy atom. The monoisotopic (exact) mass is 429 g/mol. The molecule has 132 valence electrons. The molecular weight excluding hydrogens is 414 g/mol. The molecule has 0 radical (unpaired) electrons. The summed E-state index contributed by atoms with van der Waals surface area (Å²) in [6, 6.07) is 15.2. The minimum atomic E-state index is -0.201. The van der Waals surface area contributed by atoms with Crippen molar-refractivity contribution in [2.75, 3.05) is 12.4 Å². The topological polar surface area (TPSA) is 56.1 Å². The minimum absolute atomic E-state index is 0.201. The first-order chi connectivity index (χ1) is 12.7. The van der Waals surface area contributed by atoms with E-state index in [1.165, 1.54) is 0 Å². The number of rotatable bonds is 4. The van der Waals surface area contributed by atoms with E-state index >= 15 is 0 Å². The molecule has 0 fully saturated rings. The van der Waals surface area contributed by atoms with Gasteiger partial charge in [-0.05, 0) is 46.3 Å². The number of nitrogens with one attached hydrogen (secondary N) is 1. The van der Waals surface area contributed by atoms with E-state index in [1.54, 1.807) is 24.9 Å². The molecule has 1 aromatic heterocycles. The van der Waals surface area contributed by atoms with Gasteiger partial charge in [-0.25, -0.2) is 4.68 Å². The number of nitrogens with zero attached hydrogens (tertiary/aromatic N) is 2. The Labute approximate surface area is 163 Å². The first kappa shape index (κ1) is 17.2. The Balaban J connectivity index is 1.74. The Kier molecular flexibility index (Phi) is 4.74. The number of fused-ring (bicyclic) bond motifs is 1. The number of methoxy groups -OCH3 is 1. The summed E-state index contributed by atoms with van der Waals surface area (Å²) in [7, 11) is 1.58. The lowest BCUT2D eigenvalue weighted by Crippen LogP contribution is -2.17. The molecule has 7 heteroatoms. The van der Waals surface area contributed by atoms with Gasteiger partial charge in [0, 0.05) is 21.5 Å². The third kappa shape index (κ3) is 3.12. The molecule has 0 unspecified atom stereocenters. The van der Waals surface area contributed by atoms with Crippen LogP contribution in [0.15, 0.2) is 53.0 Å². The highest BCUT2D eigenvalue weighted by Crippen LogP contribution is 2.36. The van der Waals surface area contributed by atoms with Gasteiger partial charge in [0.05, 0.1) is 24.1 Å². The largest absolute Gasteiger partial charge is 0.497 e. The predicted octanol–water partition coefficient (Wildman–Crippen LogP) is 4.64. The second-order valence-electron chi connectivity index (χ2n) is 5.81. The molecular formula is C19H16BrN3O2S. The Hall–Kier alpha value is -2.25. The molecule has 0 saturated heterocycles. The van der Waals surface area contributed by atoms with Crippen LogP contribution < -0.4 is 10.1 Å². The number of amides is 1. The molecule has 1 aliphatic heterocycles. The van der Waals surface area contributed by atoms with Crippen LogP contribution in [0.4, 0.5) is 5.82 Å². The molecule has 1 N–H and O–H groups in total. The van der Waals surface area contributed by atoms with Gasteiger partial charge in [-0.2, -0.15) is 16.9 Å². The molecule has 4 rings (SSSR count). The van der Waals surface area contributed by atoms with Crippen LogP contribution in [0.5, 0.6) is 5.75 Å². The third-order valence-corrected chi connectivity index (χ3v) is 5.86. The van der Waals surface area contributed by atoms with E-state index < -0.39 is 0 Å². The molecule has 2 aromatic carbocycles. The standard InChI is InChI=1S/C19H16BrN3O2S/c1-25-13-7-8-16(20)14(9-13)19(24)21-18-15-10-26-11-17(15)22-23(18)12-5-3-2-4-6-12/h2-9H,10-11H2,1H3,(H,21,24). The highest BCUT2D eigenvalue weighted by atomic mass is 79.9. The molecule has 3 aromatic rings. The summed E-state index contributed by atoms with van der Waals surface area (Å²) < 4.78 is 7.77. The van der Waals surface area contributed by atoms with E-state index in [0.717, 1.165) is 34.3 Å². The van der Waals surface area contributed by atoms with E-state index in [4.69, 9.17) is 9.84 Å². The molecule has 0 spiro atoms. The number of carbonyl (C=O) groups excluding carboxylic acids is 1. The zero-order valence-electron chi connectivity index (χ0n) is 14.0. The Morgan fingerprint density at radius 1 is 1.23 bits per heavy atom. The van der Waals surface area contributed by atoms with Crippen molar-refractivity contribution in [1.82, 2.24) is 9.78 Å². The van der Waals surface area contributed by atoms with Crippen molar-refractivity contribution in [3.05, 3.63) is 69.8 Å². The number of carbonyl (C=O) groups is 1. The lowest BCUT2D eigenvalue weighted by molar-refractivity contribution is 0.102. The van der Waals surface area contributed by atoms with E-state index in [2.05, 4.69) is 21.2 Å². The molecule has 0 aliphatic carbocycles. The van der Waals surface area contributed by atoms with Crippen LogP contribution in [-0.4, -0.2) is 22.8 Å². The van der Waals surface area contributed by atoms with Gasteiger partial charge in [0.15, 0.2) is 0 Å². The fraction of sp³-hybridized carbons (Fsp3) is 0.158. The van der Waals surface area contributed by atoms with Crippen molar-refractivity contribution in [1.29, 1.82) is 0 Å². The SMILES string of the molecule is COc1ccc(Br)c(C(=O)Nc2c3c(nn2-c2ccccc2)CSC3)c1. The van der Waals surface area contributed by atoms with E-state index in [0.29, 0.717) is 15.8 Å². The van der Waals surface area contributed by atoms with E-state index in [1.807, 2.05) is 47.1 Å². The normalized spacial score (nSPS) is 12.7. The van der Waals surface area contributed by atoms with Crippen molar-refractivity contribution in [2.24, 2.45) is 0 Å². The van der Waals surface area contributed by atoms with Gasteiger partial charge in [-0.15, -0.1) is 0 Å². The van der Waals surface area contributed by atoms with E-state index in [-0.39, 0.29) is 5.91 Å². The average molecular weight is 430 g/mol. The molecule has 0 bridgehead atoms. The highest BCUT2D eigenvalue weighted by Gasteiger charge is 2.25. The van der Waals surface area contributed by atoms with Crippen molar-refractivity contribution in [3.8, 4) is 11.4 Å². The van der Waals surface area contributed by atoms with Gasteiger partial charge in [0.2, 0.25) is 0 Å². The maximum absolute atomic E-state index is 12.9. The van der Waals surface area contributed by atoms with Gasteiger partial charge in [-0.3, -0.25) is 4.79 Å². The van der Waals surface area contributed by atoms with E-state index in [9.17, 15) is 4.79 Å². The second-order valence-corrected chi connectivity index (χ2v) is 7.65. The summed E-state index contributed by atoms with van der Waals surface area (Å²) in [6.45, 7) is 0. The smallest absolute Gasteiger partial charge is 0.258 e. The lowest BCUT2D eigenvalue weighted by Gasteiger charge is -2.12. The van der Waals surface area contributed by atoms with Gasteiger partial charge in [0.25, 0.3) is 5.91 Å². The van der Waals surface area contributed by atoms with Gasteiger partial charge in [-0.1, -0.05) is 18.2 Å². The van der Waals surface area contributed by atoms with Gasteiger partial charge >= 0.3 is 0 Å². The number of halogens is 1. The van der Waals surface area contributed by atoms with Crippen molar-refractivity contribution >= 4 is 39.4 Å². The summed E-state index contributed by atoms with van der Waals surface area (Å²) in [4.78, 5) is 12.9. The summed E-state index contributed by atoms with van der Waals surface area (Å²) in [5, 5.41) is 7.77. The zero-order valence-corrected chi connectivity index (χ0v) is 16.4. The summed E-state index contributed by atoms with van der Waals surface area (Å²) in [5.41, 5.74) is 3.56. The maximum Gasteiger partial charge on any atom is 0.258 e. The van der Waals surface area contributed by atoms with Crippen molar-refractivity contribution in [3.63, 3.8) is 0 Å². The average Bonchev–Trinajstić information content (AvgIpc) is 3.25. The van der Waals surface area contributed by atoms with Crippen LogP contribution >= 0.6 is 27.7 Å². The third-order valence-electron chi connectivity index (χ3n) is 4.20. The van der Waals surface area contributed by atoms with Crippen LogP contribution in [0, 0.1) is 0 Å². The van der Waals surface area contributed by atoms with Crippen molar-refractivity contribution in [2.45, 2.75) is 11.5 Å². The molecule has 1 aliphatic rings. The quantitative estimate of drug-likeness (QED) is 0.655. The van der Waals surface area contributed by atoms with Gasteiger partial charge < -0.3 is 10.1 Å². The van der Waals surface area contributed by atoms with Crippen LogP contribution in [0.1, 0.15) is 21.6 Å². The summed E-state index contributed by atoms with van der Waals surface area (Å²) in [6.07, 6.45) is 0. The predicted molar refractivity (Wildman–Crippen MR) is 107 cm³/mol. The fourth-order valence-electron chi connectivity index (χ4n) is 2.88. The van der Waals surface area contributed by atoms with Gasteiger partial charge in [0.1, 0.15) is 11.6 Å². The zero-order chi connectivity index (χ0) is 18.1. The number of para-hydroxylation sites is 1. The number of hydrogen-bond acceptors (Lipinski definition) is 4. The van der Waals surface area contributed by atoms with Crippen LogP contribution in [0.3, 0.4) is 0 Å². The Bertz CT molecular complexity index is 972. The van der Waals surface area contributed by atoms with Crippen LogP contribution in [0.2, 0.25) is 0 Å². The van der Waals surface area contributed by atoms with Crippen LogP contribution in [0.25, 0.3) is 5.69 Å². The first-order valence-corrected chi connectivity index (χ1v) is 10.0. The molecule has 0 atom stereocenters. The van der Waals surface area contributed by atoms with Crippen LogP contribution in [-0.2, 0) is 11.5 Å². The second kappa shape index (κ2) is 7.17. The highest BCUT2D eigenvalue weighted by molar-refractivity contribution is 9.10. The maximum atomic E-state index is 12.9. The number of benzene rings is 2. The first-order valence-electron chi connectivity index (χ1n) is 8.06. The minimum Gasteiger partial charge on any atom is -0.497 e. The number of aromatic nitrogens is 2. The number of thioether (sulfide) groups is 1. The molecule has 1 amide bonds. The molecule has 2 heterocycles. The lowest BCUT2D eigenvalue weighted by atomic mass is 10.2. The molecule has 5 nitrogen and oxygen atoms in total. The number of anilines is 1. The fourth-order valence-corrected chi connectivity index (χ4v) is 4.34. The van der Waals surface area contributed by atoms with Crippen molar-refractivity contribution < 1.29 is 9.53 Å². The number of hydrogen-bond donors (Lipinski definition) is 1. The molecule has 0 saturated carbocycles.